The molecule has 2 aliphatic heterocycles. The third-order valence-electron chi connectivity index (χ3n) is 4.10. The molecule has 3 heteroatoms. The lowest BCUT2D eigenvalue weighted by Gasteiger charge is -2.40. The van der Waals surface area contributed by atoms with Crippen LogP contribution in [0.15, 0.2) is 0 Å². The standard InChI is InChI=1S/C12H22O3/c1-9(10(2)13)11-3-5-15-12(7-11)4-6-14-8-12/h9-11,13H,3-8H2,1-2H3. The Morgan fingerprint density at radius 3 is 2.73 bits per heavy atom. The molecular weight excluding hydrogens is 192 g/mol. The average molecular weight is 214 g/mol. The Morgan fingerprint density at radius 1 is 1.33 bits per heavy atom. The zero-order chi connectivity index (χ0) is 10.9. The highest BCUT2D eigenvalue weighted by Gasteiger charge is 2.42. The van der Waals surface area contributed by atoms with Gasteiger partial charge in [-0.15, -0.1) is 0 Å². The molecule has 0 aromatic rings. The normalized spacial score (nSPS) is 40.6. The Morgan fingerprint density at radius 2 is 2.13 bits per heavy atom. The predicted molar refractivity (Wildman–Crippen MR) is 57.7 cm³/mol. The van der Waals surface area contributed by atoms with Gasteiger partial charge in [0.2, 0.25) is 0 Å². The fraction of sp³-hybridized carbons (Fsp3) is 1.00. The van der Waals surface area contributed by atoms with Gasteiger partial charge >= 0.3 is 0 Å². The van der Waals surface area contributed by atoms with E-state index in [1.54, 1.807) is 0 Å². The average Bonchev–Trinajstić information content (AvgIpc) is 2.65. The molecule has 0 radical (unpaired) electrons. The number of hydrogen-bond donors (Lipinski definition) is 1. The van der Waals surface area contributed by atoms with E-state index in [1.165, 1.54) is 0 Å². The van der Waals surface area contributed by atoms with Gasteiger partial charge in [0.1, 0.15) is 0 Å². The highest BCUT2D eigenvalue weighted by atomic mass is 16.6. The summed E-state index contributed by atoms with van der Waals surface area (Å²) in [7, 11) is 0. The largest absolute Gasteiger partial charge is 0.393 e. The van der Waals surface area contributed by atoms with Crippen molar-refractivity contribution in [2.24, 2.45) is 11.8 Å². The summed E-state index contributed by atoms with van der Waals surface area (Å²) >= 11 is 0. The van der Waals surface area contributed by atoms with Gasteiger partial charge in [0, 0.05) is 19.6 Å². The SMILES string of the molecule is CC(O)C(C)C1CCOC2(CCOC2)C1. The molecule has 0 bridgehead atoms. The summed E-state index contributed by atoms with van der Waals surface area (Å²) in [5.41, 5.74) is -0.0218. The Bertz CT molecular complexity index is 209. The van der Waals surface area contributed by atoms with Gasteiger partial charge < -0.3 is 14.6 Å². The van der Waals surface area contributed by atoms with Gasteiger partial charge in [-0.05, 0) is 31.6 Å². The number of aliphatic hydroxyl groups is 1. The lowest BCUT2D eigenvalue weighted by Crippen LogP contribution is -2.43. The summed E-state index contributed by atoms with van der Waals surface area (Å²) in [6.45, 7) is 6.43. The van der Waals surface area contributed by atoms with E-state index >= 15 is 0 Å². The van der Waals surface area contributed by atoms with Crippen LogP contribution >= 0.6 is 0 Å². The summed E-state index contributed by atoms with van der Waals surface area (Å²) in [5, 5.41) is 9.63. The van der Waals surface area contributed by atoms with Gasteiger partial charge in [-0.25, -0.2) is 0 Å². The van der Waals surface area contributed by atoms with Crippen LogP contribution in [0.2, 0.25) is 0 Å². The summed E-state index contributed by atoms with van der Waals surface area (Å²) in [5.74, 6) is 0.951. The third-order valence-corrected chi connectivity index (χ3v) is 4.10. The lowest BCUT2D eigenvalue weighted by molar-refractivity contribution is -0.112. The van der Waals surface area contributed by atoms with E-state index in [1.807, 2.05) is 6.92 Å². The monoisotopic (exact) mass is 214 g/mol. The number of hydrogen-bond acceptors (Lipinski definition) is 3. The first-order valence-electron chi connectivity index (χ1n) is 6.03. The van der Waals surface area contributed by atoms with Crippen LogP contribution in [0.4, 0.5) is 0 Å². The maximum absolute atomic E-state index is 9.63. The predicted octanol–water partition coefficient (Wildman–Crippen LogP) is 1.59. The topological polar surface area (TPSA) is 38.7 Å². The Labute approximate surface area is 91.8 Å². The van der Waals surface area contributed by atoms with Crippen LogP contribution in [0.5, 0.6) is 0 Å². The van der Waals surface area contributed by atoms with Gasteiger partial charge in [0.25, 0.3) is 0 Å². The Balaban J connectivity index is 1.97. The highest BCUT2D eigenvalue weighted by Crippen LogP contribution is 2.39. The summed E-state index contributed by atoms with van der Waals surface area (Å²) < 4.78 is 11.3. The molecule has 3 nitrogen and oxygen atoms in total. The minimum atomic E-state index is -0.215. The van der Waals surface area contributed by atoms with E-state index in [4.69, 9.17) is 9.47 Å². The van der Waals surface area contributed by atoms with Crippen LogP contribution in [-0.2, 0) is 9.47 Å². The summed E-state index contributed by atoms with van der Waals surface area (Å²) in [4.78, 5) is 0. The van der Waals surface area contributed by atoms with Crippen molar-refractivity contribution in [2.75, 3.05) is 19.8 Å². The molecule has 2 saturated heterocycles. The molecule has 2 fully saturated rings. The molecule has 0 aromatic carbocycles. The van der Waals surface area contributed by atoms with E-state index in [9.17, 15) is 5.11 Å². The molecule has 2 aliphatic rings. The number of rotatable bonds is 2. The molecular formula is C12H22O3. The first kappa shape index (κ1) is 11.4. The maximum atomic E-state index is 9.63. The second kappa shape index (κ2) is 4.40. The number of ether oxygens (including phenoxy) is 2. The second-order valence-electron chi connectivity index (χ2n) is 5.19. The minimum absolute atomic E-state index is 0.0218. The summed E-state index contributed by atoms with van der Waals surface area (Å²) in [6, 6.07) is 0. The molecule has 2 rings (SSSR count). The molecule has 0 aromatic heterocycles. The minimum Gasteiger partial charge on any atom is -0.393 e. The highest BCUT2D eigenvalue weighted by molar-refractivity contribution is 4.92. The molecule has 4 unspecified atom stereocenters. The van der Waals surface area contributed by atoms with Crippen molar-refractivity contribution in [3.05, 3.63) is 0 Å². The smallest absolute Gasteiger partial charge is 0.0939 e. The first-order chi connectivity index (χ1) is 7.13. The Kier molecular flexibility index (Phi) is 3.33. The van der Waals surface area contributed by atoms with E-state index in [0.29, 0.717) is 11.8 Å². The van der Waals surface area contributed by atoms with Crippen molar-refractivity contribution in [2.45, 2.75) is 44.8 Å². The quantitative estimate of drug-likeness (QED) is 0.758. The van der Waals surface area contributed by atoms with Crippen molar-refractivity contribution in [3.63, 3.8) is 0 Å². The molecule has 2 heterocycles. The van der Waals surface area contributed by atoms with Crippen molar-refractivity contribution in [1.82, 2.24) is 0 Å². The third kappa shape index (κ3) is 2.35. The lowest BCUT2D eigenvalue weighted by atomic mass is 9.77. The zero-order valence-corrected chi connectivity index (χ0v) is 9.74. The molecule has 4 atom stereocenters. The van der Waals surface area contributed by atoms with Crippen molar-refractivity contribution in [3.8, 4) is 0 Å². The van der Waals surface area contributed by atoms with Crippen LogP contribution in [-0.4, -0.2) is 36.6 Å². The zero-order valence-electron chi connectivity index (χ0n) is 9.74. The molecule has 1 spiro atoms. The summed E-state index contributed by atoms with van der Waals surface area (Å²) in [6.07, 6.45) is 2.94. The molecule has 0 aliphatic carbocycles. The van der Waals surface area contributed by atoms with Crippen LogP contribution in [0.25, 0.3) is 0 Å². The van der Waals surface area contributed by atoms with Crippen molar-refractivity contribution < 1.29 is 14.6 Å². The van der Waals surface area contributed by atoms with Crippen LogP contribution in [0, 0.1) is 11.8 Å². The fourth-order valence-electron chi connectivity index (χ4n) is 2.77. The molecule has 0 amide bonds. The van der Waals surface area contributed by atoms with Crippen molar-refractivity contribution >= 4 is 0 Å². The first-order valence-corrected chi connectivity index (χ1v) is 6.03. The van der Waals surface area contributed by atoms with Crippen molar-refractivity contribution in [1.29, 1.82) is 0 Å². The van der Waals surface area contributed by atoms with Gasteiger partial charge in [0.15, 0.2) is 0 Å². The molecule has 1 N–H and O–H groups in total. The van der Waals surface area contributed by atoms with Gasteiger partial charge in [-0.1, -0.05) is 6.92 Å². The van der Waals surface area contributed by atoms with E-state index < -0.39 is 0 Å². The number of aliphatic hydroxyl groups excluding tert-OH is 1. The molecule has 0 saturated carbocycles. The van der Waals surface area contributed by atoms with E-state index in [2.05, 4.69) is 6.92 Å². The molecule has 15 heavy (non-hydrogen) atoms. The fourth-order valence-corrected chi connectivity index (χ4v) is 2.77. The van der Waals surface area contributed by atoms with E-state index in [0.717, 1.165) is 39.1 Å². The van der Waals surface area contributed by atoms with Crippen LogP contribution in [0.1, 0.15) is 33.1 Å². The van der Waals surface area contributed by atoms with Crippen LogP contribution < -0.4 is 0 Å². The van der Waals surface area contributed by atoms with E-state index in [-0.39, 0.29) is 11.7 Å². The second-order valence-corrected chi connectivity index (χ2v) is 5.19. The molecule has 88 valence electrons. The maximum Gasteiger partial charge on any atom is 0.0939 e. The van der Waals surface area contributed by atoms with Gasteiger partial charge in [-0.2, -0.15) is 0 Å². The Hall–Kier alpha value is -0.120. The van der Waals surface area contributed by atoms with Crippen LogP contribution in [0.3, 0.4) is 0 Å². The van der Waals surface area contributed by atoms with Gasteiger partial charge in [0.05, 0.1) is 18.3 Å². The van der Waals surface area contributed by atoms with Gasteiger partial charge in [-0.3, -0.25) is 0 Å².